The minimum atomic E-state index is -4.61. The Morgan fingerprint density at radius 2 is 0.756 bits per heavy atom. The summed E-state index contributed by atoms with van der Waals surface area (Å²) in [7, 11) is 1.25. The minimum absolute atomic E-state index is 0.00589. The fourth-order valence-corrected chi connectivity index (χ4v) is 10.9. The Kier molecular flexibility index (Phi) is 58.9. The number of amides is 1. The monoisotopic (exact) mass is 1120 g/mol. The van der Waals surface area contributed by atoms with Crippen LogP contribution in [0.25, 0.3) is 0 Å². The van der Waals surface area contributed by atoms with Crippen molar-refractivity contribution in [1.29, 1.82) is 0 Å². The van der Waals surface area contributed by atoms with Crippen LogP contribution in [0.1, 0.15) is 335 Å². The van der Waals surface area contributed by atoms with E-state index in [1.807, 2.05) is 27.2 Å². The first-order valence-electron chi connectivity index (χ1n) is 34.0. The molecule has 0 rings (SSSR count). The average Bonchev–Trinajstić information content (AvgIpc) is 3.41. The van der Waals surface area contributed by atoms with Gasteiger partial charge in [-0.25, -0.2) is 0 Å². The molecule has 78 heavy (non-hydrogen) atoms. The van der Waals surface area contributed by atoms with Gasteiger partial charge in [0.2, 0.25) is 5.91 Å². The summed E-state index contributed by atoms with van der Waals surface area (Å²) < 4.78 is 23.4. The van der Waals surface area contributed by atoms with E-state index in [2.05, 4.69) is 55.6 Å². The largest absolute Gasteiger partial charge is 0.756 e. The van der Waals surface area contributed by atoms with Crippen LogP contribution in [0.5, 0.6) is 0 Å². The maximum Gasteiger partial charge on any atom is 0.268 e. The number of rotatable bonds is 63. The number of carbonyl (C=O) groups excluding carboxylic acids is 1. The van der Waals surface area contributed by atoms with Crippen molar-refractivity contribution in [3.63, 3.8) is 0 Å². The number of carbonyl (C=O) groups is 1. The van der Waals surface area contributed by atoms with Gasteiger partial charge in [-0.15, -0.1) is 0 Å². The molecule has 3 unspecified atom stereocenters. The quantitative estimate of drug-likeness (QED) is 0.0272. The number of hydrogen-bond donors (Lipinski definition) is 2. The van der Waals surface area contributed by atoms with Crippen molar-refractivity contribution < 1.29 is 32.9 Å². The molecule has 0 aromatic carbocycles. The number of nitrogens with zero attached hydrogens (tertiary/aromatic N) is 1. The first-order chi connectivity index (χ1) is 38.0. The molecule has 0 aliphatic heterocycles. The summed E-state index contributed by atoms with van der Waals surface area (Å²) in [5, 5.41) is 13.9. The van der Waals surface area contributed by atoms with Crippen molar-refractivity contribution in [2.45, 2.75) is 347 Å². The average molecular weight is 1120 g/mol. The normalized spacial score (nSPS) is 14.0. The second-order valence-electron chi connectivity index (χ2n) is 24.5. The van der Waals surface area contributed by atoms with Gasteiger partial charge in [0.15, 0.2) is 0 Å². The van der Waals surface area contributed by atoms with Crippen LogP contribution in [0, 0.1) is 0 Å². The van der Waals surface area contributed by atoms with E-state index in [0.29, 0.717) is 17.4 Å². The molecule has 1 amide bonds. The lowest BCUT2D eigenvalue weighted by atomic mass is 10.0. The predicted molar refractivity (Wildman–Crippen MR) is 339 cm³/mol. The van der Waals surface area contributed by atoms with E-state index in [9.17, 15) is 19.4 Å². The van der Waals surface area contributed by atoms with Gasteiger partial charge in [0.05, 0.1) is 39.9 Å². The highest BCUT2D eigenvalue weighted by Gasteiger charge is 2.23. The van der Waals surface area contributed by atoms with Crippen molar-refractivity contribution in [1.82, 2.24) is 5.32 Å². The number of nitrogens with one attached hydrogen (secondary N) is 1. The Labute approximate surface area is 486 Å². The van der Waals surface area contributed by atoms with E-state index in [-0.39, 0.29) is 12.5 Å². The van der Waals surface area contributed by atoms with Gasteiger partial charge in [-0.2, -0.15) is 0 Å². The molecule has 0 fully saturated rings. The van der Waals surface area contributed by atoms with Crippen molar-refractivity contribution >= 4 is 13.7 Å². The molecule has 0 aliphatic carbocycles. The summed E-state index contributed by atoms with van der Waals surface area (Å²) in [6, 6.07) is -0.904. The Morgan fingerprint density at radius 3 is 1.12 bits per heavy atom. The lowest BCUT2D eigenvalue weighted by Crippen LogP contribution is -2.45. The van der Waals surface area contributed by atoms with Crippen LogP contribution in [0.3, 0.4) is 0 Å². The van der Waals surface area contributed by atoms with Crippen molar-refractivity contribution in [2.75, 3.05) is 40.9 Å². The molecule has 0 bridgehead atoms. The van der Waals surface area contributed by atoms with Crippen molar-refractivity contribution in [3.05, 3.63) is 48.6 Å². The first kappa shape index (κ1) is 76.5. The number of aliphatic hydroxyl groups excluding tert-OH is 1. The number of likely N-dealkylation sites (N-methyl/N-ethyl adjacent to an activating group) is 1. The summed E-state index contributed by atoms with van der Waals surface area (Å²) in [4.78, 5) is 25.5. The lowest BCUT2D eigenvalue weighted by molar-refractivity contribution is -0.870. The molecule has 2 N–H and O–H groups in total. The molecule has 0 aliphatic rings. The Bertz CT molecular complexity index is 1410. The van der Waals surface area contributed by atoms with Crippen LogP contribution >= 0.6 is 7.82 Å². The van der Waals surface area contributed by atoms with E-state index >= 15 is 0 Å². The van der Waals surface area contributed by atoms with Gasteiger partial charge in [0.25, 0.3) is 7.82 Å². The summed E-state index contributed by atoms with van der Waals surface area (Å²) in [5.74, 6) is -0.203. The van der Waals surface area contributed by atoms with Gasteiger partial charge >= 0.3 is 0 Å². The molecular weight excluding hydrogens is 984 g/mol. The maximum absolute atomic E-state index is 13.0. The molecule has 0 saturated carbocycles. The fourth-order valence-electron chi connectivity index (χ4n) is 10.2. The standard InChI is InChI=1S/C69H133N2O6P/c1-6-8-10-12-14-16-18-20-22-24-25-26-27-28-29-30-31-32-33-34-35-36-37-38-39-40-41-42-43-44-45-47-49-51-53-55-57-59-61-63-69(73)70-67(66-77-78(74,75)76-65-64-71(3,4)5)68(72)62-60-58-56-54-52-50-48-46-23-21-19-17-15-13-11-9-7-2/h31-32,34-35,52,54,60,62,67-68,72H,6-30,33,36-51,53,55-59,61,63-66H2,1-5H3,(H-,70,73,74,75)/b32-31-,35-34-,54-52+,62-60+. The Morgan fingerprint density at radius 1 is 0.449 bits per heavy atom. The summed E-state index contributed by atoms with van der Waals surface area (Å²) >= 11 is 0. The van der Waals surface area contributed by atoms with Crippen molar-refractivity contribution in [2.24, 2.45) is 0 Å². The van der Waals surface area contributed by atoms with Gasteiger partial charge in [-0.05, 0) is 64.2 Å². The van der Waals surface area contributed by atoms with Gasteiger partial charge in [-0.1, -0.05) is 313 Å². The smallest absolute Gasteiger partial charge is 0.268 e. The molecule has 0 aromatic rings. The molecule has 0 spiro atoms. The van der Waals surface area contributed by atoms with Crippen LogP contribution in [0.15, 0.2) is 48.6 Å². The molecule has 3 atom stereocenters. The number of allylic oxidation sites excluding steroid dienone is 7. The summed E-state index contributed by atoms with van der Waals surface area (Å²) in [6.45, 7) is 4.67. The molecule has 0 heterocycles. The van der Waals surface area contributed by atoms with Gasteiger partial charge < -0.3 is 28.8 Å². The van der Waals surface area contributed by atoms with Crippen LogP contribution in [-0.2, 0) is 18.4 Å². The molecule has 0 radical (unpaired) electrons. The molecule has 0 aromatic heterocycles. The van der Waals surface area contributed by atoms with Crippen LogP contribution < -0.4 is 10.2 Å². The Hall–Kier alpha value is -1.54. The topological polar surface area (TPSA) is 108 Å². The number of unbranched alkanes of at least 4 members (excludes halogenated alkanes) is 44. The van der Waals surface area contributed by atoms with Gasteiger partial charge in [0, 0.05) is 6.42 Å². The fraction of sp³-hybridized carbons (Fsp3) is 0.870. The molecule has 9 heteroatoms. The van der Waals surface area contributed by atoms with E-state index in [1.54, 1.807) is 6.08 Å². The number of quaternary nitrogens is 1. The first-order valence-corrected chi connectivity index (χ1v) is 35.5. The van der Waals surface area contributed by atoms with E-state index in [0.717, 1.165) is 44.9 Å². The zero-order valence-electron chi connectivity index (χ0n) is 52.6. The number of phosphoric acid groups is 1. The summed E-state index contributed by atoms with van der Waals surface area (Å²) in [6.07, 6.45) is 81.0. The van der Waals surface area contributed by atoms with Gasteiger partial charge in [-0.3, -0.25) is 9.36 Å². The third kappa shape index (κ3) is 62.1. The van der Waals surface area contributed by atoms with Crippen LogP contribution in [0.2, 0.25) is 0 Å². The molecular formula is C69H133N2O6P. The predicted octanol–water partition coefficient (Wildman–Crippen LogP) is 20.8. The van der Waals surface area contributed by atoms with E-state index in [4.69, 9.17) is 9.05 Å². The lowest BCUT2D eigenvalue weighted by Gasteiger charge is -2.29. The third-order valence-corrected chi connectivity index (χ3v) is 16.5. The maximum atomic E-state index is 13.0. The minimum Gasteiger partial charge on any atom is -0.756 e. The zero-order chi connectivity index (χ0) is 57.0. The van der Waals surface area contributed by atoms with E-state index in [1.165, 1.54) is 270 Å². The van der Waals surface area contributed by atoms with E-state index < -0.39 is 26.6 Å². The second-order valence-corrected chi connectivity index (χ2v) is 25.9. The van der Waals surface area contributed by atoms with Gasteiger partial charge in [0.1, 0.15) is 13.2 Å². The summed E-state index contributed by atoms with van der Waals surface area (Å²) in [5.41, 5.74) is 0. The SMILES string of the molecule is CCCCCCCCCCCCC/C=C/CC/C=C/C(O)C(COP(=O)([O-])OCC[N+](C)(C)C)NC(=O)CCCCCCCCCCCCCCCCCCC/C=C\C/C=C\CCCCCCCCCCCCCCCCC. The Balaban J connectivity index is 3.96. The number of aliphatic hydroxyl groups is 1. The van der Waals surface area contributed by atoms with Crippen LogP contribution in [-0.4, -0.2) is 68.5 Å². The highest BCUT2D eigenvalue weighted by Crippen LogP contribution is 2.38. The highest BCUT2D eigenvalue weighted by molar-refractivity contribution is 7.45. The number of hydrogen-bond acceptors (Lipinski definition) is 6. The van der Waals surface area contributed by atoms with Crippen LogP contribution in [0.4, 0.5) is 0 Å². The molecule has 460 valence electrons. The molecule has 8 nitrogen and oxygen atoms in total. The number of phosphoric ester groups is 1. The molecule has 0 saturated heterocycles. The third-order valence-electron chi connectivity index (χ3n) is 15.5. The highest BCUT2D eigenvalue weighted by atomic mass is 31.2. The second kappa shape index (κ2) is 60.1. The van der Waals surface area contributed by atoms with Crippen molar-refractivity contribution in [3.8, 4) is 0 Å². The zero-order valence-corrected chi connectivity index (χ0v) is 53.5.